The lowest BCUT2D eigenvalue weighted by Gasteiger charge is -2.28. The normalized spacial score (nSPS) is 11.2. The van der Waals surface area contributed by atoms with Crippen LogP contribution >= 0.6 is 18.6 Å². The highest BCUT2D eigenvalue weighted by Crippen LogP contribution is 2.58. The van der Waals surface area contributed by atoms with Crippen LogP contribution in [0.3, 0.4) is 0 Å². The minimum Gasteiger partial charge on any atom is -1.00 e. The molecule has 0 aliphatic rings. The Balaban J connectivity index is 0.00000308. The zero-order valence-corrected chi connectivity index (χ0v) is 24.4. The average molecular weight is 615 g/mol. The van der Waals surface area contributed by atoms with Crippen LogP contribution in [0, 0.1) is 5.82 Å². The van der Waals surface area contributed by atoms with Crippen molar-refractivity contribution in [2.75, 3.05) is 0 Å². The van der Waals surface area contributed by atoms with E-state index < -0.39 is 7.26 Å². The van der Waals surface area contributed by atoms with Gasteiger partial charge in [-0.25, -0.2) is 9.37 Å². The molecule has 6 aromatic rings. The number of hydrogen-bond acceptors (Lipinski definition) is 3. The van der Waals surface area contributed by atoms with Gasteiger partial charge in [-0.15, -0.1) is 11.3 Å². The first-order chi connectivity index (χ1) is 18.7. The molecule has 0 amide bonds. The van der Waals surface area contributed by atoms with E-state index in [0.29, 0.717) is 12.1 Å². The quantitative estimate of drug-likeness (QED) is 0.236. The summed E-state index contributed by atoms with van der Waals surface area (Å²) in [6.07, 6.45) is 0.878. The van der Waals surface area contributed by atoms with Gasteiger partial charge in [0, 0.05) is 6.07 Å². The van der Waals surface area contributed by atoms with Crippen LogP contribution < -0.4 is 37.6 Å². The Kier molecular flexibility index (Phi) is 8.52. The number of hydrogen-bond donors (Lipinski definition) is 0. The van der Waals surface area contributed by atoms with Crippen LogP contribution in [0.5, 0.6) is 5.75 Å². The lowest BCUT2D eigenvalue weighted by molar-refractivity contribution is -0.00000834. The highest BCUT2D eigenvalue weighted by molar-refractivity contribution is 7.95. The number of halogens is 2. The molecule has 6 heteroatoms. The Bertz CT molecular complexity index is 1560. The van der Waals surface area contributed by atoms with Gasteiger partial charge >= 0.3 is 0 Å². The average Bonchev–Trinajstić information content (AvgIpc) is 3.38. The summed E-state index contributed by atoms with van der Waals surface area (Å²) in [6.45, 7) is 0.348. The highest BCUT2D eigenvalue weighted by atomic mass is 79.9. The zero-order chi connectivity index (χ0) is 25.8. The number of thiazole rings is 1. The minimum atomic E-state index is -2.00. The van der Waals surface area contributed by atoms with Crippen molar-refractivity contribution in [3.63, 3.8) is 0 Å². The molecule has 0 bridgehead atoms. The van der Waals surface area contributed by atoms with Gasteiger partial charge in [-0.2, -0.15) is 0 Å². The molecule has 0 spiro atoms. The van der Waals surface area contributed by atoms with Gasteiger partial charge in [-0.3, -0.25) is 0 Å². The lowest BCUT2D eigenvalue weighted by atomic mass is 10.2. The maximum Gasteiger partial charge on any atom is 0.140 e. The predicted octanol–water partition coefficient (Wildman–Crippen LogP) is 4.51. The molecular weight excluding hydrogens is 588 g/mol. The summed E-state index contributed by atoms with van der Waals surface area (Å²) in [6, 6.07) is 45.8. The van der Waals surface area contributed by atoms with Crippen molar-refractivity contribution in [1.82, 2.24) is 4.98 Å². The molecule has 0 fully saturated rings. The van der Waals surface area contributed by atoms with Crippen molar-refractivity contribution in [1.29, 1.82) is 0 Å². The second-order valence-electron chi connectivity index (χ2n) is 9.13. The standard InChI is InChI=1S/C33H26FNOPS.BrH/c34-26-19-20-32-31(22-26)35-33(38-32)23-36-27-12-10-11-25(21-27)24-37(28-13-4-1-5-14-28,29-15-6-2-7-16-29)30-17-8-3-9-18-30;/h1-22H,23-24H2;1H/q+1;/p-1. The van der Waals surface area contributed by atoms with Crippen LogP contribution in [0.1, 0.15) is 10.6 Å². The zero-order valence-electron chi connectivity index (χ0n) is 21.1. The number of benzene rings is 5. The summed E-state index contributed by atoms with van der Waals surface area (Å²) in [4.78, 5) is 4.55. The lowest BCUT2D eigenvalue weighted by Crippen LogP contribution is -3.00. The van der Waals surface area contributed by atoms with E-state index in [1.165, 1.54) is 44.9 Å². The van der Waals surface area contributed by atoms with E-state index in [-0.39, 0.29) is 22.8 Å². The van der Waals surface area contributed by atoms with Crippen LogP contribution in [0.2, 0.25) is 0 Å². The Morgan fingerprint density at radius 1 is 0.667 bits per heavy atom. The fourth-order valence-electron chi connectivity index (χ4n) is 4.93. The van der Waals surface area contributed by atoms with Gasteiger partial charge in [0.2, 0.25) is 0 Å². The third-order valence-electron chi connectivity index (χ3n) is 6.67. The third-order valence-corrected chi connectivity index (χ3v) is 12.1. The number of aromatic nitrogens is 1. The van der Waals surface area contributed by atoms with E-state index in [1.54, 1.807) is 6.07 Å². The van der Waals surface area contributed by atoms with Crippen LogP contribution in [-0.4, -0.2) is 4.98 Å². The Morgan fingerprint density at radius 2 is 1.26 bits per heavy atom. The van der Waals surface area contributed by atoms with E-state index in [9.17, 15) is 4.39 Å². The molecule has 1 heterocycles. The molecule has 0 saturated carbocycles. The van der Waals surface area contributed by atoms with Gasteiger partial charge in [-0.1, -0.05) is 66.7 Å². The molecule has 0 radical (unpaired) electrons. The molecule has 0 N–H and O–H groups in total. The van der Waals surface area contributed by atoms with Gasteiger partial charge < -0.3 is 21.7 Å². The number of ether oxygens (including phenoxy) is 1. The Hall–Kier alpha value is -3.37. The van der Waals surface area contributed by atoms with Crippen LogP contribution in [0.15, 0.2) is 133 Å². The molecule has 5 aromatic carbocycles. The second kappa shape index (κ2) is 12.2. The topological polar surface area (TPSA) is 22.1 Å². The van der Waals surface area contributed by atoms with E-state index in [2.05, 4.69) is 114 Å². The van der Waals surface area contributed by atoms with Gasteiger partial charge in [0.05, 0.1) is 16.4 Å². The first kappa shape index (κ1) is 27.2. The van der Waals surface area contributed by atoms with E-state index >= 15 is 0 Å². The van der Waals surface area contributed by atoms with Crippen molar-refractivity contribution in [3.8, 4) is 5.75 Å². The van der Waals surface area contributed by atoms with E-state index in [4.69, 9.17) is 4.74 Å². The summed E-state index contributed by atoms with van der Waals surface area (Å²) in [5.41, 5.74) is 1.89. The summed E-state index contributed by atoms with van der Waals surface area (Å²) < 4.78 is 20.7. The monoisotopic (exact) mass is 613 g/mol. The predicted molar refractivity (Wildman–Crippen MR) is 159 cm³/mol. The van der Waals surface area contributed by atoms with E-state index in [1.807, 2.05) is 6.07 Å². The van der Waals surface area contributed by atoms with Gasteiger partial charge in [-0.05, 0) is 66.2 Å². The maximum atomic E-state index is 13.6. The minimum absolute atomic E-state index is 0. The van der Waals surface area contributed by atoms with Crippen LogP contribution in [0.4, 0.5) is 4.39 Å². The molecule has 194 valence electrons. The summed E-state index contributed by atoms with van der Waals surface area (Å²) in [5.74, 6) is 0.533. The molecule has 1 aromatic heterocycles. The molecule has 2 nitrogen and oxygen atoms in total. The fraction of sp³-hybridized carbons (Fsp3) is 0.0606. The third kappa shape index (κ3) is 5.81. The SMILES string of the molecule is Fc1ccc2sc(COc3cccc(C[P+](c4ccccc4)(c4ccccc4)c4ccccc4)c3)nc2c1.[Br-]. The van der Waals surface area contributed by atoms with Crippen LogP contribution in [-0.2, 0) is 12.8 Å². The summed E-state index contributed by atoms with van der Waals surface area (Å²) in [7, 11) is -2.00. The Morgan fingerprint density at radius 3 is 1.85 bits per heavy atom. The highest BCUT2D eigenvalue weighted by Gasteiger charge is 2.45. The molecular formula is C33H26BrFNOPS. The van der Waals surface area contributed by atoms with Crippen molar-refractivity contribution in [3.05, 3.63) is 150 Å². The molecule has 6 rings (SSSR count). The molecule has 39 heavy (non-hydrogen) atoms. The number of nitrogens with zero attached hydrogens (tertiary/aromatic N) is 1. The van der Waals surface area contributed by atoms with Crippen molar-refractivity contribution >= 4 is 44.7 Å². The molecule has 0 atom stereocenters. The summed E-state index contributed by atoms with van der Waals surface area (Å²) >= 11 is 1.53. The molecule has 0 aliphatic carbocycles. The number of fused-ring (bicyclic) bond motifs is 1. The van der Waals surface area contributed by atoms with E-state index in [0.717, 1.165) is 21.6 Å². The first-order valence-corrected chi connectivity index (χ1v) is 15.3. The van der Waals surface area contributed by atoms with Crippen molar-refractivity contribution < 1.29 is 26.1 Å². The molecule has 0 saturated heterocycles. The smallest absolute Gasteiger partial charge is 0.140 e. The van der Waals surface area contributed by atoms with Gasteiger partial charge in [0.15, 0.2) is 0 Å². The molecule has 0 unspecified atom stereocenters. The largest absolute Gasteiger partial charge is 1.00 e. The fourth-order valence-corrected chi connectivity index (χ4v) is 10.0. The first-order valence-electron chi connectivity index (χ1n) is 12.5. The second-order valence-corrected chi connectivity index (χ2v) is 13.7. The maximum absolute atomic E-state index is 13.6. The Labute approximate surface area is 243 Å². The van der Waals surface area contributed by atoms with Crippen LogP contribution in [0.25, 0.3) is 10.2 Å². The summed E-state index contributed by atoms with van der Waals surface area (Å²) in [5, 5.41) is 4.89. The van der Waals surface area contributed by atoms with Gasteiger partial charge in [0.1, 0.15) is 46.4 Å². The molecule has 0 aliphatic heterocycles. The van der Waals surface area contributed by atoms with Crippen molar-refractivity contribution in [2.24, 2.45) is 0 Å². The van der Waals surface area contributed by atoms with Gasteiger partial charge in [0.25, 0.3) is 0 Å². The number of rotatable bonds is 8. The van der Waals surface area contributed by atoms with Crippen molar-refractivity contribution in [2.45, 2.75) is 12.8 Å².